The molecule has 1 N–H and O–H groups in total. The zero-order valence-corrected chi connectivity index (χ0v) is 10.3. The van der Waals surface area contributed by atoms with Crippen molar-refractivity contribution in [1.29, 1.82) is 0 Å². The van der Waals surface area contributed by atoms with Crippen LogP contribution in [-0.4, -0.2) is 35.8 Å². The number of likely N-dealkylation sites (tertiary alicyclic amines) is 1. The molecule has 0 aliphatic carbocycles. The first-order chi connectivity index (χ1) is 7.65. The van der Waals surface area contributed by atoms with Gasteiger partial charge in [-0.25, -0.2) is 0 Å². The second-order valence-electron chi connectivity index (χ2n) is 4.44. The van der Waals surface area contributed by atoms with Crippen LogP contribution in [0.25, 0.3) is 0 Å². The number of hydrogen-bond acceptors (Lipinski definition) is 3. The van der Waals surface area contributed by atoms with E-state index in [0.29, 0.717) is 32.0 Å². The van der Waals surface area contributed by atoms with Crippen LogP contribution in [0.15, 0.2) is 0 Å². The Labute approximate surface area is 97.4 Å². The SMILES string of the molecule is CCCCC(C)NCCN1C(=O)CCC1=O. The van der Waals surface area contributed by atoms with Crippen LogP contribution in [0.1, 0.15) is 46.0 Å². The van der Waals surface area contributed by atoms with Crippen molar-refractivity contribution in [2.45, 2.75) is 52.0 Å². The van der Waals surface area contributed by atoms with Crippen LogP contribution < -0.4 is 5.32 Å². The van der Waals surface area contributed by atoms with Gasteiger partial charge in [-0.15, -0.1) is 0 Å². The molecule has 0 aromatic heterocycles. The second-order valence-corrected chi connectivity index (χ2v) is 4.44. The quantitative estimate of drug-likeness (QED) is 0.666. The maximum atomic E-state index is 11.3. The van der Waals surface area contributed by atoms with Gasteiger partial charge in [0, 0.05) is 32.0 Å². The normalized spacial score (nSPS) is 18.2. The van der Waals surface area contributed by atoms with Gasteiger partial charge in [-0.3, -0.25) is 14.5 Å². The highest BCUT2D eigenvalue weighted by molar-refractivity contribution is 6.01. The van der Waals surface area contributed by atoms with Gasteiger partial charge in [0.15, 0.2) is 0 Å². The summed E-state index contributed by atoms with van der Waals surface area (Å²) < 4.78 is 0. The van der Waals surface area contributed by atoms with Crippen molar-refractivity contribution in [1.82, 2.24) is 10.2 Å². The lowest BCUT2D eigenvalue weighted by Gasteiger charge is -2.17. The molecule has 4 heteroatoms. The Bertz CT molecular complexity index is 237. The molecule has 4 nitrogen and oxygen atoms in total. The molecule has 0 radical (unpaired) electrons. The molecule has 92 valence electrons. The predicted octanol–water partition coefficient (Wildman–Crippen LogP) is 1.30. The zero-order chi connectivity index (χ0) is 12.0. The van der Waals surface area contributed by atoms with Crippen LogP contribution in [0.4, 0.5) is 0 Å². The first kappa shape index (κ1) is 13.2. The lowest BCUT2D eigenvalue weighted by atomic mass is 10.1. The maximum absolute atomic E-state index is 11.3. The van der Waals surface area contributed by atoms with Crippen molar-refractivity contribution < 1.29 is 9.59 Å². The molecule has 0 saturated carbocycles. The summed E-state index contributed by atoms with van der Waals surface area (Å²) in [5.74, 6) is -0.0407. The summed E-state index contributed by atoms with van der Waals surface area (Å²) in [4.78, 5) is 24.0. The first-order valence-corrected chi connectivity index (χ1v) is 6.21. The number of nitrogens with zero attached hydrogens (tertiary/aromatic N) is 1. The van der Waals surface area contributed by atoms with Crippen molar-refractivity contribution in [3.63, 3.8) is 0 Å². The van der Waals surface area contributed by atoms with E-state index in [4.69, 9.17) is 0 Å². The highest BCUT2D eigenvalue weighted by Crippen LogP contribution is 2.10. The Morgan fingerprint density at radius 1 is 1.31 bits per heavy atom. The molecule has 0 bridgehead atoms. The summed E-state index contributed by atoms with van der Waals surface area (Å²) in [7, 11) is 0. The van der Waals surface area contributed by atoms with E-state index in [0.717, 1.165) is 6.42 Å². The van der Waals surface area contributed by atoms with Gasteiger partial charge in [-0.2, -0.15) is 0 Å². The number of hydrogen-bond donors (Lipinski definition) is 1. The molecule has 0 aromatic carbocycles. The molecular formula is C12H22N2O2. The molecule has 1 heterocycles. The summed E-state index contributed by atoms with van der Waals surface area (Å²) in [5, 5.41) is 3.34. The zero-order valence-electron chi connectivity index (χ0n) is 10.3. The van der Waals surface area contributed by atoms with Gasteiger partial charge in [-0.05, 0) is 13.3 Å². The van der Waals surface area contributed by atoms with Crippen molar-refractivity contribution in [2.75, 3.05) is 13.1 Å². The second kappa shape index (κ2) is 6.63. The molecule has 2 amide bonds. The minimum Gasteiger partial charge on any atom is -0.312 e. The Morgan fingerprint density at radius 3 is 2.50 bits per heavy atom. The van der Waals surface area contributed by atoms with Gasteiger partial charge in [0.05, 0.1) is 0 Å². The molecule has 1 fully saturated rings. The van der Waals surface area contributed by atoms with Gasteiger partial charge in [0.2, 0.25) is 11.8 Å². The average molecular weight is 226 g/mol. The molecule has 1 unspecified atom stereocenters. The smallest absolute Gasteiger partial charge is 0.229 e. The van der Waals surface area contributed by atoms with Crippen LogP contribution in [0.3, 0.4) is 0 Å². The molecule has 0 aromatic rings. The lowest BCUT2D eigenvalue weighted by Crippen LogP contribution is -2.38. The monoisotopic (exact) mass is 226 g/mol. The standard InChI is InChI=1S/C12H22N2O2/c1-3-4-5-10(2)13-8-9-14-11(15)6-7-12(14)16/h10,13H,3-9H2,1-2H3. The molecule has 16 heavy (non-hydrogen) atoms. The van der Waals surface area contributed by atoms with E-state index in [2.05, 4.69) is 19.2 Å². The molecule has 1 aliphatic rings. The number of imide groups is 1. The van der Waals surface area contributed by atoms with Crippen LogP contribution in [0.5, 0.6) is 0 Å². The number of amides is 2. The Morgan fingerprint density at radius 2 is 1.94 bits per heavy atom. The van der Waals surface area contributed by atoms with Gasteiger partial charge < -0.3 is 5.32 Å². The van der Waals surface area contributed by atoms with Crippen molar-refractivity contribution in [2.24, 2.45) is 0 Å². The third-order valence-corrected chi connectivity index (χ3v) is 2.97. The fourth-order valence-electron chi connectivity index (χ4n) is 1.91. The number of carbonyl (C=O) groups excluding carboxylic acids is 2. The Hall–Kier alpha value is -0.900. The minimum absolute atomic E-state index is 0.0204. The molecule has 1 atom stereocenters. The van der Waals surface area contributed by atoms with E-state index in [9.17, 15) is 9.59 Å². The third kappa shape index (κ3) is 3.93. The highest BCUT2D eigenvalue weighted by Gasteiger charge is 2.27. The number of rotatable bonds is 7. The summed E-state index contributed by atoms with van der Waals surface area (Å²) in [6, 6.07) is 0.466. The van der Waals surface area contributed by atoms with Crippen LogP contribution >= 0.6 is 0 Å². The fraction of sp³-hybridized carbons (Fsp3) is 0.833. The third-order valence-electron chi connectivity index (χ3n) is 2.97. The van der Waals surface area contributed by atoms with E-state index in [-0.39, 0.29) is 11.8 Å². The van der Waals surface area contributed by atoms with Crippen molar-refractivity contribution in [3.8, 4) is 0 Å². The lowest BCUT2D eigenvalue weighted by molar-refractivity contribution is -0.138. The molecular weight excluding hydrogens is 204 g/mol. The maximum Gasteiger partial charge on any atom is 0.229 e. The largest absolute Gasteiger partial charge is 0.312 e. The van der Waals surface area contributed by atoms with E-state index in [1.54, 1.807) is 0 Å². The first-order valence-electron chi connectivity index (χ1n) is 6.21. The average Bonchev–Trinajstić information content (AvgIpc) is 2.57. The van der Waals surface area contributed by atoms with Gasteiger partial charge in [0.25, 0.3) is 0 Å². The van der Waals surface area contributed by atoms with Crippen LogP contribution in [0, 0.1) is 0 Å². The minimum atomic E-state index is -0.0204. The van der Waals surface area contributed by atoms with E-state index >= 15 is 0 Å². The summed E-state index contributed by atoms with van der Waals surface area (Å²) in [6.45, 7) is 5.55. The topological polar surface area (TPSA) is 49.4 Å². The number of carbonyl (C=O) groups is 2. The highest BCUT2D eigenvalue weighted by atomic mass is 16.2. The Balaban J connectivity index is 2.15. The number of nitrogens with one attached hydrogen (secondary N) is 1. The van der Waals surface area contributed by atoms with Gasteiger partial charge in [-0.1, -0.05) is 19.8 Å². The van der Waals surface area contributed by atoms with Crippen LogP contribution in [0.2, 0.25) is 0 Å². The summed E-state index contributed by atoms with van der Waals surface area (Å²) in [5.41, 5.74) is 0. The molecule has 1 saturated heterocycles. The molecule has 1 aliphatic heterocycles. The van der Waals surface area contributed by atoms with E-state index in [1.807, 2.05) is 0 Å². The summed E-state index contributed by atoms with van der Waals surface area (Å²) in [6.07, 6.45) is 4.36. The molecule has 1 rings (SSSR count). The van der Waals surface area contributed by atoms with E-state index in [1.165, 1.54) is 17.7 Å². The summed E-state index contributed by atoms with van der Waals surface area (Å²) >= 11 is 0. The number of unbranched alkanes of at least 4 members (excludes halogenated alkanes) is 1. The Kier molecular flexibility index (Phi) is 5.46. The van der Waals surface area contributed by atoms with Gasteiger partial charge >= 0.3 is 0 Å². The molecule has 0 spiro atoms. The van der Waals surface area contributed by atoms with Gasteiger partial charge in [0.1, 0.15) is 0 Å². The predicted molar refractivity (Wildman–Crippen MR) is 62.9 cm³/mol. The van der Waals surface area contributed by atoms with E-state index < -0.39 is 0 Å². The fourth-order valence-corrected chi connectivity index (χ4v) is 1.91. The van der Waals surface area contributed by atoms with Crippen LogP contribution in [-0.2, 0) is 9.59 Å². The van der Waals surface area contributed by atoms with Crippen molar-refractivity contribution in [3.05, 3.63) is 0 Å². The van der Waals surface area contributed by atoms with Crippen molar-refractivity contribution >= 4 is 11.8 Å².